The summed E-state index contributed by atoms with van der Waals surface area (Å²) in [5.41, 5.74) is 0.967. The fourth-order valence-corrected chi connectivity index (χ4v) is 1.87. The first kappa shape index (κ1) is 12.0. The van der Waals surface area contributed by atoms with E-state index in [-0.39, 0.29) is 18.2 Å². The molecule has 0 saturated carbocycles. The van der Waals surface area contributed by atoms with Gasteiger partial charge in [-0.25, -0.2) is 4.39 Å². The molecule has 1 aromatic rings. The van der Waals surface area contributed by atoms with Crippen molar-refractivity contribution in [1.82, 2.24) is 4.90 Å². The number of rotatable bonds is 1. The maximum atomic E-state index is 13.4. The van der Waals surface area contributed by atoms with Crippen molar-refractivity contribution in [3.05, 3.63) is 51.8 Å². The Morgan fingerprint density at radius 3 is 2.71 bits per heavy atom. The van der Waals surface area contributed by atoms with Gasteiger partial charge in [0, 0.05) is 18.7 Å². The third-order valence-electron chi connectivity index (χ3n) is 2.59. The van der Waals surface area contributed by atoms with Crippen LogP contribution < -0.4 is 0 Å². The number of hydrogen-bond donors (Lipinski definition) is 2. The highest BCUT2D eigenvalue weighted by Gasteiger charge is 2.18. The molecule has 1 aliphatic heterocycles. The maximum Gasteiger partial charge on any atom is 0.187 e. The fourth-order valence-electron chi connectivity index (χ4n) is 1.63. The van der Waals surface area contributed by atoms with Gasteiger partial charge in [-0.1, -0.05) is 6.07 Å². The van der Waals surface area contributed by atoms with Crippen molar-refractivity contribution in [1.29, 1.82) is 0 Å². The van der Waals surface area contributed by atoms with Crippen LogP contribution in [0.5, 0.6) is 0 Å². The summed E-state index contributed by atoms with van der Waals surface area (Å²) in [6, 6.07) is 4.55. The van der Waals surface area contributed by atoms with Crippen molar-refractivity contribution in [3.8, 4) is 0 Å². The van der Waals surface area contributed by atoms with Crippen molar-refractivity contribution >= 4 is 21.5 Å². The maximum absolute atomic E-state index is 13.4. The Hall–Kier alpha value is -1.49. The molecule has 90 valence electrons. The molecule has 0 radical (unpaired) electrons. The predicted molar refractivity (Wildman–Crippen MR) is 67.0 cm³/mol. The molecular formula is C12H11BrFNO2. The summed E-state index contributed by atoms with van der Waals surface area (Å²) in [6.45, 7) is 0.204. The Bertz CT molecular complexity index is 525. The second-order valence-electron chi connectivity index (χ2n) is 3.85. The molecule has 5 heteroatoms. The predicted octanol–water partition coefficient (Wildman–Crippen LogP) is 3.20. The SMILES string of the molecule is CN1CC(O)=C(c2ccc(Br)c(F)c2)C=C1O. The monoisotopic (exact) mass is 299 g/mol. The zero-order chi connectivity index (χ0) is 12.6. The van der Waals surface area contributed by atoms with Gasteiger partial charge in [0.25, 0.3) is 0 Å². The van der Waals surface area contributed by atoms with E-state index in [1.165, 1.54) is 17.0 Å². The van der Waals surface area contributed by atoms with E-state index in [4.69, 9.17) is 0 Å². The topological polar surface area (TPSA) is 43.7 Å². The summed E-state index contributed by atoms with van der Waals surface area (Å²) in [7, 11) is 1.65. The minimum Gasteiger partial charge on any atom is -0.510 e. The molecule has 0 aliphatic carbocycles. The third-order valence-corrected chi connectivity index (χ3v) is 3.24. The molecule has 0 fully saturated rings. The number of aliphatic hydroxyl groups is 2. The van der Waals surface area contributed by atoms with Crippen LogP contribution in [0.1, 0.15) is 5.56 Å². The Kier molecular flexibility index (Phi) is 3.11. The van der Waals surface area contributed by atoms with E-state index in [1.54, 1.807) is 19.2 Å². The largest absolute Gasteiger partial charge is 0.510 e. The molecule has 0 aromatic heterocycles. The van der Waals surface area contributed by atoms with Crippen LogP contribution in [0.15, 0.2) is 40.4 Å². The molecule has 0 bridgehead atoms. The van der Waals surface area contributed by atoms with E-state index >= 15 is 0 Å². The van der Waals surface area contributed by atoms with Crippen LogP contribution in [-0.4, -0.2) is 28.7 Å². The third kappa shape index (κ3) is 2.29. The highest BCUT2D eigenvalue weighted by atomic mass is 79.9. The van der Waals surface area contributed by atoms with Gasteiger partial charge in [0.05, 0.1) is 11.0 Å². The lowest BCUT2D eigenvalue weighted by molar-refractivity contribution is 0.217. The summed E-state index contributed by atoms with van der Waals surface area (Å²) in [6.07, 6.45) is 1.42. The normalized spacial score (nSPS) is 16.2. The Morgan fingerprint density at radius 2 is 2.06 bits per heavy atom. The van der Waals surface area contributed by atoms with Crippen LogP contribution in [0.2, 0.25) is 0 Å². The smallest absolute Gasteiger partial charge is 0.187 e. The molecular weight excluding hydrogens is 289 g/mol. The molecule has 0 amide bonds. The van der Waals surface area contributed by atoms with Crippen LogP contribution in [0, 0.1) is 5.82 Å². The summed E-state index contributed by atoms with van der Waals surface area (Å²) in [5.74, 6) is -0.261. The molecule has 0 spiro atoms. The molecule has 0 atom stereocenters. The second kappa shape index (κ2) is 4.41. The molecule has 1 aliphatic rings. The van der Waals surface area contributed by atoms with Crippen molar-refractivity contribution in [2.45, 2.75) is 0 Å². The summed E-state index contributed by atoms with van der Waals surface area (Å²) in [4.78, 5) is 1.49. The van der Waals surface area contributed by atoms with Crippen molar-refractivity contribution < 1.29 is 14.6 Å². The van der Waals surface area contributed by atoms with Gasteiger partial charge < -0.3 is 15.1 Å². The quantitative estimate of drug-likeness (QED) is 0.837. The average Bonchev–Trinajstić information content (AvgIpc) is 2.27. The van der Waals surface area contributed by atoms with E-state index in [0.717, 1.165) is 0 Å². The lowest BCUT2D eigenvalue weighted by Gasteiger charge is -2.23. The number of halogens is 2. The van der Waals surface area contributed by atoms with Crippen molar-refractivity contribution in [3.63, 3.8) is 0 Å². The lowest BCUT2D eigenvalue weighted by atomic mass is 10.0. The van der Waals surface area contributed by atoms with Crippen LogP contribution in [0.4, 0.5) is 4.39 Å². The van der Waals surface area contributed by atoms with Gasteiger partial charge in [-0.3, -0.25) is 0 Å². The first-order chi connectivity index (χ1) is 7.99. The second-order valence-corrected chi connectivity index (χ2v) is 4.70. The Labute approximate surface area is 107 Å². The standard InChI is InChI=1S/C12H11BrFNO2/c1-15-6-11(16)8(5-12(15)17)7-2-3-9(13)10(14)4-7/h2-5,16-17H,6H2,1H3. The lowest BCUT2D eigenvalue weighted by Crippen LogP contribution is -2.24. The number of nitrogens with zero attached hydrogens (tertiary/aromatic N) is 1. The van der Waals surface area contributed by atoms with Crippen molar-refractivity contribution in [2.24, 2.45) is 0 Å². The van der Waals surface area contributed by atoms with E-state index < -0.39 is 5.82 Å². The van der Waals surface area contributed by atoms with Gasteiger partial charge in [0.1, 0.15) is 11.6 Å². The number of benzene rings is 1. The number of hydrogen-bond acceptors (Lipinski definition) is 3. The molecule has 0 unspecified atom stereocenters. The summed E-state index contributed by atoms with van der Waals surface area (Å²) < 4.78 is 13.8. The van der Waals surface area contributed by atoms with Crippen LogP contribution in [0.3, 0.4) is 0 Å². The molecule has 2 N–H and O–H groups in total. The van der Waals surface area contributed by atoms with Gasteiger partial charge >= 0.3 is 0 Å². The highest BCUT2D eigenvalue weighted by Crippen LogP contribution is 2.27. The van der Waals surface area contributed by atoms with Gasteiger partial charge in [0.15, 0.2) is 5.88 Å². The zero-order valence-electron chi connectivity index (χ0n) is 9.11. The molecule has 2 rings (SSSR count). The highest BCUT2D eigenvalue weighted by molar-refractivity contribution is 9.10. The van der Waals surface area contributed by atoms with Crippen LogP contribution in [0.25, 0.3) is 5.57 Å². The van der Waals surface area contributed by atoms with Gasteiger partial charge in [-0.15, -0.1) is 0 Å². The van der Waals surface area contributed by atoms with Gasteiger partial charge in [-0.2, -0.15) is 0 Å². The van der Waals surface area contributed by atoms with Crippen LogP contribution >= 0.6 is 15.9 Å². The average molecular weight is 300 g/mol. The minimum atomic E-state index is -0.408. The van der Waals surface area contributed by atoms with Crippen molar-refractivity contribution in [2.75, 3.05) is 13.6 Å². The number of likely N-dealkylation sites (N-methyl/N-ethyl adjacent to an activating group) is 1. The molecule has 0 saturated heterocycles. The summed E-state index contributed by atoms with van der Waals surface area (Å²) >= 11 is 3.06. The first-order valence-corrected chi connectivity index (χ1v) is 5.77. The van der Waals surface area contributed by atoms with Gasteiger partial charge in [-0.05, 0) is 33.6 Å². The fraction of sp³-hybridized carbons (Fsp3) is 0.167. The zero-order valence-corrected chi connectivity index (χ0v) is 10.7. The number of allylic oxidation sites excluding steroid dienone is 2. The van der Waals surface area contributed by atoms with E-state index in [2.05, 4.69) is 15.9 Å². The van der Waals surface area contributed by atoms with Crippen LogP contribution in [-0.2, 0) is 0 Å². The Morgan fingerprint density at radius 1 is 1.35 bits per heavy atom. The van der Waals surface area contributed by atoms with Gasteiger partial charge in [0.2, 0.25) is 0 Å². The molecule has 1 heterocycles. The number of aliphatic hydroxyl groups excluding tert-OH is 2. The molecule has 3 nitrogen and oxygen atoms in total. The van der Waals surface area contributed by atoms with E-state index in [0.29, 0.717) is 15.6 Å². The van der Waals surface area contributed by atoms with E-state index in [1.807, 2.05) is 0 Å². The molecule has 17 heavy (non-hydrogen) atoms. The minimum absolute atomic E-state index is 0.0427. The first-order valence-electron chi connectivity index (χ1n) is 4.98. The summed E-state index contributed by atoms with van der Waals surface area (Å²) in [5, 5.41) is 19.4. The van der Waals surface area contributed by atoms with E-state index in [9.17, 15) is 14.6 Å². The Balaban J connectivity index is 2.47. The molecule has 1 aromatic carbocycles.